The van der Waals surface area contributed by atoms with Crippen molar-refractivity contribution in [3.8, 4) is 11.4 Å². The molecule has 2 aromatic rings. The summed E-state index contributed by atoms with van der Waals surface area (Å²) in [5.41, 5.74) is 2.60. The zero-order valence-corrected chi connectivity index (χ0v) is 15.9. The third kappa shape index (κ3) is 2.75. The summed E-state index contributed by atoms with van der Waals surface area (Å²) in [6.07, 6.45) is 1.27. The molecule has 1 aromatic heterocycles. The van der Waals surface area contributed by atoms with Gasteiger partial charge in [0.2, 0.25) is 0 Å². The summed E-state index contributed by atoms with van der Waals surface area (Å²) in [6, 6.07) is 12.5. The Morgan fingerprint density at radius 3 is 2.50 bits per heavy atom. The van der Waals surface area contributed by atoms with Gasteiger partial charge in [-0.25, -0.2) is 4.79 Å². The fourth-order valence-electron chi connectivity index (χ4n) is 3.94. The fourth-order valence-corrected chi connectivity index (χ4v) is 3.94. The molecule has 0 N–H and O–H groups in total. The summed E-state index contributed by atoms with van der Waals surface area (Å²) >= 11 is 0. The van der Waals surface area contributed by atoms with Gasteiger partial charge in [-0.3, -0.25) is 0 Å². The van der Waals surface area contributed by atoms with E-state index in [1.54, 1.807) is 4.90 Å². The van der Waals surface area contributed by atoms with Gasteiger partial charge < -0.3 is 18.9 Å². The lowest BCUT2D eigenvalue weighted by molar-refractivity contribution is -0.0269. The van der Waals surface area contributed by atoms with Crippen molar-refractivity contribution in [1.29, 1.82) is 0 Å². The van der Waals surface area contributed by atoms with Gasteiger partial charge in [-0.1, -0.05) is 12.1 Å². The van der Waals surface area contributed by atoms with Gasteiger partial charge in [0.15, 0.2) is 5.60 Å². The lowest BCUT2D eigenvalue weighted by atomic mass is 9.86. The van der Waals surface area contributed by atoms with Gasteiger partial charge >= 0.3 is 6.09 Å². The number of nitrogens with zero attached hydrogens (tertiary/aromatic N) is 2. The van der Waals surface area contributed by atoms with E-state index in [0.717, 1.165) is 24.3 Å². The lowest BCUT2D eigenvalue weighted by Crippen LogP contribution is -2.50. The number of rotatable bonds is 0. The first-order valence-corrected chi connectivity index (χ1v) is 9.24. The third-order valence-corrected chi connectivity index (χ3v) is 5.18. The molecular formula is C21H26N2O3. The molecule has 2 aliphatic heterocycles. The molecule has 1 fully saturated rings. The quantitative estimate of drug-likeness (QED) is 0.704. The minimum Gasteiger partial charge on any atom is -0.479 e. The molecule has 0 bridgehead atoms. The van der Waals surface area contributed by atoms with Crippen LogP contribution in [0.5, 0.6) is 5.75 Å². The molecule has 26 heavy (non-hydrogen) atoms. The Kier molecular flexibility index (Phi) is 3.79. The highest BCUT2D eigenvalue weighted by Gasteiger charge is 2.45. The van der Waals surface area contributed by atoms with Crippen LogP contribution in [0, 0.1) is 6.92 Å². The first-order valence-electron chi connectivity index (χ1n) is 9.24. The molecule has 5 heteroatoms. The second kappa shape index (κ2) is 5.79. The average molecular weight is 354 g/mol. The molecule has 1 spiro atoms. The van der Waals surface area contributed by atoms with E-state index < -0.39 is 5.60 Å². The molecule has 138 valence electrons. The lowest BCUT2D eigenvalue weighted by Gasteiger charge is -2.45. The molecular weight excluding hydrogens is 328 g/mol. The van der Waals surface area contributed by atoms with E-state index in [-0.39, 0.29) is 11.7 Å². The van der Waals surface area contributed by atoms with Gasteiger partial charge in [0, 0.05) is 31.6 Å². The largest absolute Gasteiger partial charge is 0.479 e. The summed E-state index contributed by atoms with van der Waals surface area (Å²) in [6.45, 7) is 9.06. The van der Waals surface area contributed by atoms with Crippen LogP contribution in [-0.4, -0.2) is 34.3 Å². The van der Waals surface area contributed by atoms with E-state index in [4.69, 9.17) is 9.47 Å². The summed E-state index contributed by atoms with van der Waals surface area (Å²) in [5, 5.41) is 0. The molecule has 1 amide bonds. The highest BCUT2D eigenvalue weighted by Crippen LogP contribution is 2.45. The van der Waals surface area contributed by atoms with Crippen LogP contribution in [0.3, 0.4) is 0 Å². The van der Waals surface area contributed by atoms with E-state index in [1.807, 2.05) is 39.0 Å². The van der Waals surface area contributed by atoms with Crippen LogP contribution in [0.2, 0.25) is 0 Å². The zero-order valence-electron chi connectivity index (χ0n) is 15.9. The average Bonchev–Trinajstić information content (AvgIpc) is 2.97. The minimum absolute atomic E-state index is 0.241. The van der Waals surface area contributed by atoms with E-state index >= 15 is 0 Å². The summed E-state index contributed by atoms with van der Waals surface area (Å²) in [5.74, 6) is 0.907. The van der Waals surface area contributed by atoms with Crippen LogP contribution in [0.25, 0.3) is 5.69 Å². The molecule has 0 radical (unpaired) electrons. The Bertz CT molecular complexity index is 839. The number of amides is 1. The van der Waals surface area contributed by atoms with Gasteiger partial charge in [-0.05, 0) is 52.0 Å². The number of piperidine rings is 1. The number of carbonyl (C=O) groups is 1. The van der Waals surface area contributed by atoms with Crippen molar-refractivity contribution >= 4 is 6.09 Å². The monoisotopic (exact) mass is 354 g/mol. The maximum absolute atomic E-state index is 12.4. The van der Waals surface area contributed by atoms with Crippen molar-refractivity contribution in [1.82, 2.24) is 9.47 Å². The van der Waals surface area contributed by atoms with Gasteiger partial charge in [0.05, 0.1) is 11.4 Å². The van der Waals surface area contributed by atoms with Crippen LogP contribution >= 0.6 is 0 Å². The van der Waals surface area contributed by atoms with E-state index in [0.29, 0.717) is 13.1 Å². The molecule has 3 heterocycles. The van der Waals surface area contributed by atoms with Gasteiger partial charge in [0.25, 0.3) is 0 Å². The van der Waals surface area contributed by atoms with Crippen molar-refractivity contribution in [3.63, 3.8) is 0 Å². The van der Waals surface area contributed by atoms with Crippen LogP contribution in [0.15, 0.2) is 36.4 Å². The van der Waals surface area contributed by atoms with Gasteiger partial charge in [0.1, 0.15) is 11.4 Å². The number of aromatic nitrogens is 1. The van der Waals surface area contributed by atoms with Crippen LogP contribution in [0.4, 0.5) is 4.79 Å². The molecule has 0 saturated carbocycles. The number of hydrogen-bond acceptors (Lipinski definition) is 3. The second-order valence-corrected chi connectivity index (χ2v) is 8.23. The third-order valence-electron chi connectivity index (χ3n) is 5.18. The number of para-hydroxylation sites is 2. The molecule has 5 nitrogen and oxygen atoms in total. The number of ether oxygens (including phenoxy) is 2. The van der Waals surface area contributed by atoms with Crippen molar-refractivity contribution in [2.24, 2.45) is 0 Å². The maximum Gasteiger partial charge on any atom is 0.410 e. The molecule has 1 aromatic carbocycles. The number of likely N-dealkylation sites (tertiary alicyclic amines) is 1. The first-order chi connectivity index (χ1) is 12.3. The number of fused-ring (bicyclic) bond motifs is 4. The van der Waals surface area contributed by atoms with Crippen LogP contribution < -0.4 is 4.74 Å². The molecule has 4 rings (SSSR count). The minimum atomic E-state index is -0.474. The van der Waals surface area contributed by atoms with E-state index in [1.165, 1.54) is 11.4 Å². The number of hydrogen-bond donors (Lipinski definition) is 0. The Balaban J connectivity index is 1.61. The molecule has 0 unspecified atom stereocenters. The Morgan fingerprint density at radius 2 is 1.81 bits per heavy atom. The predicted octanol–water partition coefficient (Wildman–Crippen LogP) is 4.40. The fraction of sp³-hybridized carbons (Fsp3) is 0.476. The summed E-state index contributed by atoms with van der Waals surface area (Å²) < 4.78 is 14.3. The molecule has 2 aliphatic rings. The van der Waals surface area contributed by atoms with Crippen molar-refractivity contribution in [2.45, 2.75) is 51.7 Å². The zero-order chi connectivity index (χ0) is 18.5. The topological polar surface area (TPSA) is 43.7 Å². The highest BCUT2D eigenvalue weighted by atomic mass is 16.6. The summed E-state index contributed by atoms with van der Waals surface area (Å²) in [7, 11) is 0. The van der Waals surface area contributed by atoms with Crippen LogP contribution in [0.1, 0.15) is 45.0 Å². The van der Waals surface area contributed by atoms with Gasteiger partial charge in [-0.15, -0.1) is 0 Å². The smallest absolute Gasteiger partial charge is 0.410 e. The first kappa shape index (κ1) is 17.0. The molecule has 1 saturated heterocycles. The highest BCUT2D eigenvalue weighted by molar-refractivity contribution is 5.68. The number of carbonyl (C=O) groups excluding carboxylic acids is 1. The number of benzene rings is 1. The predicted molar refractivity (Wildman–Crippen MR) is 99.9 cm³/mol. The Hall–Kier alpha value is -2.43. The second-order valence-electron chi connectivity index (χ2n) is 8.23. The van der Waals surface area contributed by atoms with Crippen molar-refractivity contribution in [3.05, 3.63) is 47.8 Å². The van der Waals surface area contributed by atoms with Crippen LogP contribution in [-0.2, 0) is 10.3 Å². The van der Waals surface area contributed by atoms with Crippen molar-refractivity contribution < 1.29 is 14.3 Å². The maximum atomic E-state index is 12.4. The SMILES string of the molecule is Cc1ccc2n1-c1ccccc1OC21CCN(C(=O)OC(C)(C)C)CC1. The van der Waals surface area contributed by atoms with E-state index in [2.05, 4.69) is 29.7 Å². The molecule has 0 atom stereocenters. The van der Waals surface area contributed by atoms with Gasteiger partial charge in [-0.2, -0.15) is 0 Å². The normalized spacial score (nSPS) is 18.1. The Labute approximate surface area is 154 Å². The number of aryl methyl sites for hydroxylation is 1. The molecule has 0 aliphatic carbocycles. The van der Waals surface area contributed by atoms with E-state index in [9.17, 15) is 4.79 Å². The summed E-state index contributed by atoms with van der Waals surface area (Å²) in [4.78, 5) is 14.2. The Morgan fingerprint density at radius 1 is 1.12 bits per heavy atom. The van der Waals surface area contributed by atoms with Crippen molar-refractivity contribution in [2.75, 3.05) is 13.1 Å². The standard InChI is InChI=1S/C21H26N2O3/c1-15-9-10-18-21(25-17-8-6-5-7-16(17)23(15)18)11-13-22(14-12-21)19(24)26-20(2,3)4/h5-10H,11-14H2,1-4H3.